The van der Waals surface area contributed by atoms with Crippen molar-refractivity contribution in [3.8, 4) is 6.01 Å². The van der Waals surface area contributed by atoms with Gasteiger partial charge in [-0.05, 0) is 43.1 Å². The van der Waals surface area contributed by atoms with Crippen molar-refractivity contribution in [2.24, 2.45) is 0 Å². The highest BCUT2D eigenvalue weighted by molar-refractivity contribution is 6.03. The molecular weight excluding hydrogens is 418 g/mol. The normalized spacial score (nSPS) is 15.9. The third-order valence-electron chi connectivity index (χ3n) is 5.86. The van der Waals surface area contributed by atoms with Gasteiger partial charge < -0.3 is 20.7 Å². The zero-order valence-electron chi connectivity index (χ0n) is 18.4. The molecule has 1 saturated heterocycles. The van der Waals surface area contributed by atoms with Gasteiger partial charge in [-0.15, -0.1) is 0 Å². The Morgan fingerprint density at radius 2 is 1.82 bits per heavy atom. The number of aromatic nitrogens is 3. The third kappa shape index (κ3) is 5.04. The maximum absolute atomic E-state index is 12.4. The summed E-state index contributed by atoms with van der Waals surface area (Å²) < 4.78 is 5.77. The molecule has 3 aromatic rings. The fourth-order valence-electron chi connectivity index (χ4n) is 4.29. The molecule has 0 bridgehead atoms. The first-order valence-electron chi connectivity index (χ1n) is 11.2. The number of hydrogen-bond donors (Lipinski definition) is 2. The Morgan fingerprint density at radius 1 is 1.03 bits per heavy atom. The monoisotopic (exact) mass is 445 g/mol. The zero-order valence-corrected chi connectivity index (χ0v) is 18.4. The third-order valence-corrected chi connectivity index (χ3v) is 5.86. The molecule has 170 valence electrons. The van der Waals surface area contributed by atoms with Crippen LogP contribution in [0.15, 0.2) is 48.8 Å². The van der Waals surface area contributed by atoms with Crippen LogP contribution in [0.2, 0.25) is 0 Å². The average Bonchev–Trinajstić information content (AvgIpc) is 3.32. The summed E-state index contributed by atoms with van der Waals surface area (Å²) in [4.78, 5) is 29.6. The maximum atomic E-state index is 12.4. The first kappa shape index (κ1) is 21.1. The number of nitrogens with zero attached hydrogens (tertiary/aromatic N) is 5. The number of pyridine rings is 1. The second-order valence-corrected chi connectivity index (χ2v) is 8.45. The van der Waals surface area contributed by atoms with Crippen LogP contribution >= 0.6 is 0 Å². The second kappa shape index (κ2) is 9.41. The van der Waals surface area contributed by atoms with Crippen LogP contribution in [0.25, 0.3) is 0 Å². The van der Waals surface area contributed by atoms with Gasteiger partial charge in [-0.2, -0.15) is 9.97 Å². The molecule has 4 heterocycles. The SMILES string of the molecule is Nc1nc(OCc2cccnc2)nc2c1NC(=O)CN2Cc1cccc(CN2CCCC2)c1. The summed E-state index contributed by atoms with van der Waals surface area (Å²) in [5.41, 5.74) is 9.87. The van der Waals surface area contributed by atoms with Gasteiger partial charge >= 0.3 is 6.01 Å². The Labute approximate surface area is 192 Å². The van der Waals surface area contributed by atoms with E-state index in [0.717, 1.165) is 30.8 Å². The summed E-state index contributed by atoms with van der Waals surface area (Å²) in [6.45, 7) is 4.25. The lowest BCUT2D eigenvalue weighted by Crippen LogP contribution is -2.39. The Kier molecular flexibility index (Phi) is 6.03. The van der Waals surface area contributed by atoms with Crippen LogP contribution in [0.3, 0.4) is 0 Å². The van der Waals surface area contributed by atoms with Gasteiger partial charge in [-0.3, -0.25) is 14.7 Å². The molecule has 0 atom stereocenters. The summed E-state index contributed by atoms with van der Waals surface area (Å²) in [5.74, 6) is 0.602. The number of rotatable bonds is 7. The van der Waals surface area contributed by atoms with Crippen molar-refractivity contribution in [1.82, 2.24) is 19.9 Å². The Hall–Kier alpha value is -3.72. The van der Waals surface area contributed by atoms with Crippen LogP contribution in [-0.4, -0.2) is 45.4 Å². The van der Waals surface area contributed by atoms with Crippen molar-refractivity contribution >= 4 is 23.2 Å². The lowest BCUT2D eigenvalue weighted by atomic mass is 10.1. The minimum atomic E-state index is -0.143. The largest absolute Gasteiger partial charge is 0.458 e. The molecule has 9 heteroatoms. The quantitative estimate of drug-likeness (QED) is 0.571. The van der Waals surface area contributed by atoms with E-state index < -0.39 is 0 Å². The fourth-order valence-corrected chi connectivity index (χ4v) is 4.29. The van der Waals surface area contributed by atoms with Gasteiger partial charge in [-0.25, -0.2) is 0 Å². The highest BCUT2D eigenvalue weighted by Gasteiger charge is 2.27. The minimum absolute atomic E-state index is 0.143. The molecule has 0 aliphatic carbocycles. The molecule has 2 aliphatic heterocycles. The molecule has 0 radical (unpaired) electrons. The number of benzene rings is 1. The first-order valence-corrected chi connectivity index (χ1v) is 11.2. The lowest BCUT2D eigenvalue weighted by Gasteiger charge is -2.30. The molecule has 1 amide bonds. The summed E-state index contributed by atoms with van der Waals surface area (Å²) >= 11 is 0. The van der Waals surface area contributed by atoms with E-state index in [9.17, 15) is 4.79 Å². The number of nitrogens with one attached hydrogen (secondary N) is 1. The Bertz CT molecular complexity index is 1130. The number of nitrogens with two attached hydrogens (primary N) is 1. The highest BCUT2D eigenvalue weighted by Crippen LogP contribution is 2.34. The zero-order chi connectivity index (χ0) is 22.6. The van der Waals surface area contributed by atoms with Crippen molar-refractivity contribution in [3.05, 3.63) is 65.5 Å². The topological polar surface area (TPSA) is 110 Å². The maximum Gasteiger partial charge on any atom is 0.320 e. The van der Waals surface area contributed by atoms with E-state index in [4.69, 9.17) is 10.5 Å². The average molecular weight is 446 g/mol. The second-order valence-electron chi connectivity index (χ2n) is 8.45. The van der Waals surface area contributed by atoms with Crippen molar-refractivity contribution in [1.29, 1.82) is 0 Å². The molecule has 1 aromatic carbocycles. The summed E-state index contributed by atoms with van der Waals surface area (Å²) in [6, 6.07) is 12.4. The number of likely N-dealkylation sites (tertiary alicyclic amines) is 1. The number of anilines is 3. The number of amides is 1. The molecule has 2 aliphatic rings. The van der Waals surface area contributed by atoms with Crippen LogP contribution in [0.4, 0.5) is 17.3 Å². The van der Waals surface area contributed by atoms with Gasteiger partial charge in [-0.1, -0.05) is 30.3 Å². The molecule has 9 nitrogen and oxygen atoms in total. The number of nitrogen functional groups attached to an aromatic ring is 1. The molecule has 33 heavy (non-hydrogen) atoms. The molecule has 3 N–H and O–H groups in total. The van der Waals surface area contributed by atoms with Crippen LogP contribution in [0.5, 0.6) is 6.01 Å². The first-order chi connectivity index (χ1) is 16.1. The predicted molar refractivity (Wildman–Crippen MR) is 126 cm³/mol. The van der Waals surface area contributed by atoms with Crippen LogP contribution in [0.1, 0.15) is 29.5 Å². The van der Waals surface area contributed by atoms with Crippen molar-refractivity contribution < 1.29 is 9.53 Å². The predicted octanol–water partition coefficient (Wildman–Crippen LogP) is 2.59. The molecular formula is C24H27N7O2. The van der Waals surface area contributed by atoms with Gasteiger partial charge in [0, 0.05) is 31.0 Å². The smallest absolute Gasteiger partial charge is 0.320 e. The molecule has 0 saturated carbocycles. The van der Waals surface area contributed by atoms with Gasteiger partial charge in [0.2, 0.25) is 5.91 Å². The van der Waals surface area contributed by atoms with Crippen LogP contribution in [0, 0.1) is 0 Å². The number of fused-ring (bicyclic) bond motifs is 1. The highest BCUT2D eigenvalue weighted by atomic mass is 16.5. The van der Waals surface area contributed by atoms with Crippen LogP contribution in [-0.2, 0) is 24.5 Å². The van der Waals surface area contributed by atoms with E-state index in [1.54, 1.807) is 12.4 Å². The summed E-state index contributed by atoms with van der Waals surface area (Å²) in [7, 11) is 0. The molecule has 2 aromatic heterocycles. The standard InChI is InChI=1S/C24H27N7O2/c25-22-21-23(29-24(28-22)33-16-19-7-4-8-26-12-19)31(15-20(32)27-21)14-18-6-3-5-17(11-18)13-30-9-1-2-10-30/h3-8,11-12H,1-2,9-10,13-16H2,(H,27,32)(H2,25,28,29). The molecule has 1 fully saturated rings. The molecule has 5 rings (SSSR count). The van der Waals surface area contributed by atoms with E-state index >= 15 is 0 Å². The Balaban J connectivity index is 1.36. The minimum Gasteiger partial charge on any atom is -0.458 e. The van der Waals surface area contributed by atoms with Gasteiger partial charge in [0.1, 0.15) is 12.3 Å². The van der Waals surface area contributed by atoms with Crippen molar-refractivity contribution in [2.45, 2.75) is 32.5 Å². The van der Waals surface area contributed by atoms with Gasteiger partial charge in [0.25, 0.3) is 0 Å². The number of ether oxygens (including phenoxy) is 1. The summed E-state index contributed by atoms with van der Waals surface area (Å²) in [5, 5.41) is 2.80. The van der Waals surface area contributed by atoms with E-state index in [0.29, 0.717) is 18.1 Å². The number of carbonyl (C=O) groups is 1. The number of carbonyl (C=O) groups excluding carboxylic acids is 1. The summed E-state index contributed by atoms with van der Waals surface area (Å²) in [6.07, 6.45) is 5.97. The van der Waals surface area contributed by atoms with E-state index in [-0.39, 0.29) is 30.9 Å². The molecule has 0 spiro atoms. The Morgan fingerprint density at radius 3 is 2.61 bits per heavy atom. The fraction of sp³-hybridized carbons (Fsp3) is 0.333. The molecule has 0 unspecified atom stereocenters. The van der Waals surface area contributed by atoms with Crippen molar-refractivity contribution in [3.63, 3.8) is 0 Å². The van der Waals surface area contributed by atoms with Crippen molar-refractivity contribution in [2.75, 3.05) is 35.6 Å². The lowest BCUT2D eigenvalue weighted by molar-refractivity contribution is -0.115. The van der Waals surface area contributed by atoms with Gasteiger partial charge in [0.05, 0.1) is 6.54 Å². The van der Waals surface area contributed by atoms with Gasteiger partial charge in [0.15, 0.2) is 11.6 Å². The number of hydrogen-bond acceptors (Lipinski definition) is 8. The van der Waals surface area contributed by atoms with E-state index in [1.807, 2.05) is 17.0 Å². The van der Waals surface area contributed by atoms with E-state index in [1.165, 1.54) is 18.4 Å². The van der Waals surface area contributed by atoms with E-state index in [2.05, 4.69) is 49.4 Å². The van der Waals surface area contributed by atoms with Crippen LogP contribution < -0.4 is 20.7 Å².